The van der Waals surface area contributed by atoms with Gasteiger partial charge in [-0.3, -0.25) is 14.1 Å². The van der Waals surface area contributed by atoms with E-state index < -0.39 is 18.3 Å². The third kappa shape index (κ3) is 6.29. The van der Waals surface area contributed by atoms with E-state index >= 15 is 0 Å². The number of alkyl halides is 2. The topological polar surface area (TPSA) is 92.2 Å². The summed E-state index contributed by atoms with van der Waals surface area (Å²) in [5.41, 5.74) is 2.34. The predicted octanol–water partition coefficient (Wildman–Crippen LogP) is 5.87. The van der Waals surface area contributed by atoms with Gasteiger partial charge in [-0.1, -0.05) is 17.7 Å². The van der Waals surface area contributed by atoms with Crippen molar-refractivity contribution in [2.45, 2.75) is 45.1 Å². The molecule has 10 nitrogen and oxygen atoms in total. The van der Waals surface area contributed by atoms with E-state index in [1.165, 1.54) is 19.4 Å². The van der Waals surface area contributed by atoms with Crippen molar-refractivity contribution in [3.63, 3.8) is 0 Å². The fourth-order valence-electron chi connectivity index (χ4n) is 5.44. The Kier molecular flexibility index (Phi) is 8.58. The van der Waals surface area contributed by atoms with Gasteiger partial charge in [0.25, 0.3) is 0 Å². The summed E-state index contributed by atoms with van der Waals surface area (Å²) in [5.74, 6) is 0.170. The van der Waals surface area contributed by atoms with Gasteiger partial charge in [-0.15, -0.1) is 5.10 Å². The predicted molar refractivity (Wildman–Crippen MR) is 155 cm³/mol. The van der Waals surface area contributed by atoms with Crippen molar-refractivity contribution < 1.29 is 27.4 Å². The largest absolute Gasteiger partial charge is 0.472 e. The number of carbonyl (C=O) groups excluding carboxylic acids is 1. The van der Waals surface area contributed by atoms with Gasteiger partial charge >= 0.3 is 12.5 Å². The molecule has 0 bridgehead atoms. The lowest BCUT2D eigenvalue weighted by molar-refractivity contribution is 0.0600. The van der Waals surface area contributed by atoms with Crippen LogP contribution in [0.4, 0.5) is 13.2 Å². The Balaban J connectivity index is 1.14. The highest BCUT2D eigenvalue weighted by atomic mass is 35.5. The number of esters is 1. The molecule has 44 heavy (non-hydrogen) atoms. The Morgan fingerprint density at radius 2 is 1.93 bits per heavy atom. The zero-order valence-electron chi connectivity index (χ0n) is 23.7. The molecule has 1 fully saturated rings. The number of likely N-dealkylation sites (tertiary alicyclic amines) is 1. The van der Waals surface area contributed by atoms with Crippen molar-refractivity contribution >= 4 is 28.6 Å². The monoisotopic (exact) mass is 627 g/mol. The first-order chi connectivity index (χ1) is 21.3. The maximum atomic E-state index is 14.1. The molecule has 0 spiro atoms. The van der Waals surface area contributed by atoms with E-state index in [0.717, 1.165) is 36.8 Å². The van der Waals surface area contributed by atoms with Gasteiger partial charge in [0, 0.05) is 35.9 Å². The van der Waals surface area contributed by atoms with Crippen LogP contribution in [0, 0.1) is 5.82 Å². The number of aromatic nitrogens is 6. The molecule has 0 radical (unpaired) electrons. The molecular formula is C30H29ClF3N7O3. The molecule has 0 atom stereocenters. The Hall–Kier alpha value is -4.36. The van der Waals surface area contributed by atoms with Crippen LogP contribution in [0.15, 0.2) is 61.2 Å². The number of benzene rings is 2. The van der Waals surface area contributed by atoms with Gasteiger partial charge in [-0.25, -0.2) is 19.2 Å². The lowest BCUT2D eigenvalue weighted by Crippen LogP contribution is -2.35. The highest BCUT2D eigenvalue weighted by Crippen LogP contribution is 2.27. The first-order valence-electron chi connectivity index (χ1n) is 14.0. The van der Waals surface area contributed by atoms with Crippen LogP contribution in [0.2, 0.25) is 5.02 Å². The second kappa shape index (κ2) is 12.7. The Morgan fingerprint density at radius 3 is 2.68 bits per heavy atom. The quantitative estimate of drug-likeness (QED) is 0.179. The minimum Gasteiger partial charge on any atom is -0.472 e. The molecule has 0 amide bonds. The van der Waals surface area contributed by atoms with E-state index in [0.29, 0.717) is 51.1 Å². The number of imidazole rings is 2. The highest BCUT2D eigenvalue weighted by Gasteiger charge is 2.24. The fourth-order valence-corrected chi connectivity index (χ4v) is 5.60. The van der Waals surface area contributed by atoms with Crippen molar-refractivity contribution in [3.8, 4) is 5.88 Å². The number of fused-ring (bicyclic) bond motifs is 1. The number of hydrogen-bond acceptors (Lipinski definition) is 7. The molecule has 5 aromatic rings. The number of piperidine rings is 1. The molecule has 14 heteroatoms. The van der Waals surface area contributed by atoms with Gasteiger partial charge in [0.1, 0.15) is 18.2 Å². The highest BCUT2D eigenvalue weighted by molar-refractivity contribution is 6.30. The number of hydrogen-bond donors (Lipinski definition) is 0. The van der Waals surface area contributed by atoms with Crippen molar-refractivity contribution in [2.75, 3.05) is 20.2 Å². The van der Waals surface area contributed by atoms with E-state index in [1.807, 2.05) is 15.4 Å². The zero-order chi connectivity index (χ0) is 30.8. The molecule has 0 N–H and O–H groups in total. The molecule has 6 rings (SSSR count). The molecular weight excluding hydrogens is 599 g/mol. The summed E-state index contributed by atoms with van der Waals surface area (Å²) in [4.78, 5) is 23.2. The Morgan fingerprint density at radius 1 is 1.11 bits per heavy atom. The molecule has 1 aliphatic heterocycles. The minimum atomic E-state index is -2.73. The average Bonchev–Trinajstić information content (AvgIpc) is 3.76. The SMILES string of the molecule is COC(=O)c1ccc2nc(CN3CCC(n4ccc(OCc5ccc(Cl)cc5F)n4)CC3)n(Cc3cncn3C(F)F)c2c1. The summed E-state index contributed by atoms with van der Waals surface area (Å²) in [6.07, 6.45) is 6.00. The average molecular weight is 628 g/mol. The van der Waals surface area contributed by atoms with Crippen LogP contribution in [-0.2, 0) is 24.4 Å². The summed E-state index contributed by atoms with van der Waals surface area (Å²) >= 11 is 5.82. The first-order valence-corrected chi connectivity index (χ1v) is 14.4. The Bertz CT molecular complexity index is 1780. The summed E-state index contributed by atoms with van der Waals surface area (Å²) in [6.45, 7) is -0.601. The number of ether oxygens (including phenoxy) is 2. The summed E-state index contributed by atoms with van der Waals surface area (Å²) < 4.78 is 56.4. The molecule has 0 aliphatic carbocycles. The van der Waals surface area contributed by atoms with E-state index in [9.17, 15) is 18.0 Å². The smallest absolute Gasteiger partial charge is 0.337 e. The van der Waals surface area contributed by atoms with Gasteiger partial charge in [0.15, 0.2) is 0 Å². The van der Waals surface area contributed by atoms with Crippen LogP contribution in [0.5, 0.6) is 5.88 Å². The van der Waals surface area contributed by atoms with Crippen LogP contribution < -0.4 is 4.74 Å². The van der Waals surface area contributed by atoms with E-state index in [4.69, 9.17) is 26.1 Å². The molecule has 0 saturated carbocycles. The molecule has 2 aromatic carbocycles. The number of rotatable bonds is 10. The molecule has 3 aromatic heterocycles. The molecule has 1 saturated heterocycles. The zero-order valence-corrected chi connectivity index (χ0v) is 24.5. The van der Waals surface area contributed by atoms with Gasteiger partial charge in [-0.05, 0) is 43.2 Å². The maximum Gasteiger partial charge on any atom is 0.337 e. The minimum absolute atomic E-state index is 0.0404. The van der Waals surface area contributed by atoms with Crippen molar-refractivity contribution in [3.05, 3.63) is 94.7 Å². The maximum absolute atomic E-state index is 14.1. The standard InChI is InChI=1S/C30H29ClF3N7O3/c1-43-29(42)19-3-5-25-26(12-19)39(15-23-14-35-18-40(23)30(33)34)27(36-25)16-38-9-6-22(7-10-38)41-11-8-28(37-41)44-17-20-2-4-21(31)13-24(20)32/h2-5,8,11-14,18,22,30H,6-7,9-10,15-17H2,1H3. The molecule has 4 heterocycles. The summed E-state index contributed by atoms with van der Waals surface area (Å²) in [7, 11) is 1.31. The summed E-state index contributed by atoms with van der Waals surface area (Å²) in [6, 6.07) is 11.4. The first kappa shape index (κ1) is 29.7. The van der Waals surface area contributed by atoms with Crippen LogP contribution in [0.1, 0.15) is 52.9 Å². The molecule has 230 valence electrons. The lowest BCUT2D eigenvalue weighted by Gasteiger charge is -2.31. The van der Waals surface area contributed by atoms with Crippen LogP contribution in [0.25, 0.3) is 11.0 Å². The van der Waals surface area contributed by atoms with Gasteiger partial charge in [0.2, 0.25) is 5.88 Å². The fraction of sp³-hybridized carbons (Fsp3) is 0.333. The van der Waals surface area contributed by atoms with Gasteiger partial charge in [-0.2, -0.15) is 8.78 Å². The lowest BCUT2D eigenvalue weighted by atomic mass is 10.1. The number of halogens is 4. The normalized spacial score (nSPS) is 14.5. The van der Waals surface area contributed by atoms with Crippen molar-refractivity contribution in [1.29, 1.82) is 0 Å². The number of methoxy groups -OCH3 is 1. The Labute approximate surface area is 255 Å². The second-order valence-corrected chi connectivity index (χ2v) is 11.0. The third-order valence-electron chi connectivity index (χ3n) is 7.80. The van der Waals surface area contributed by atoms with Gasteiger partial charge < -0.3 is 14.0 Å². The van der Waals surface area contributed by atoms with Crippen LogP contribution >= 0.6 is 11.6 Å². The number of nitrogens with zero attached hydrogens (tertiary/aromatic N) is 7. The van der Waals surface area contributed by atoms with Crippen LogP contribution in [0.3, 0.4) is 0 Å². The van der Waals surface area contributed by atoms with Crippen molar-refractivity contribution in [2.24, 2.45) is 0 Å². The van der Waals surface area contributed by atoms with E-state index in [2.05, 4.69) is 15.0 Å². The number of carbonyl (C=O) groups is 1. The second-order valence-electron chi connectivity index (χ2n) is 10.5. The van der Waals surface area contributed by atoms with Crippen molar-refractivity contribution in [1.82, 2.24) is 33.8 Å². The van der Waals surface area contributed by atoms with Crippen LogP contribution in [-0.4, -0.2) is 60.0 Å². The molecule has 1 aliphatic rings. The van der Waals surface area contributed by atoms with E-state index in [1.54, 1.807) is 36.4 Å². The molecule has 0 unspecified atom stereocenters. The van der Waals surface area contributed by atoms with Gasteiger partial charge in [0.05, 0.1) is 61.1 Å². The third-order valence-corrected chi connectivity index (χ3v) is 8.03. The summed E-state index contributed by atoms with van der Waals surface area (Å²) in [5, 5.41) is 4.87. The van der Waals surface area contributed by atoms with E-state index in [-0.39, 0.29) is 19.2 Å².